The minimum Gasteiger partial charge on any atom is -0.300 e. The molecule has 0 radical (unpaired) electrons. The van der Waals surface area contributed by atoms with E-state index in [9.17, 15) is 14.9 Å². The predicted molar refractivity (Wildman–Crippen MR) is 95.4 cm³/mol. The first-order valence-electron chi connectivity index (χ1n) is 6.81. The Labute approximate surface area is 146 Å². The SMILES string of the molecule is O=C1NC(=Nc2ccccc2Cl)SC1=Cc1ccc([N+](=O)[O-])cc1. The molecule has 120 valence electrons. The van der Waals surface area contributed by atoms with E-state index in [0.29, 0.717) is 26.3 Å². The van der Waals surface area contributed by atoms with Crippen molar-refractivity contribution < 1.29 is 9.72 Å². The summed E-state index contributed by atoms with van der Waals surface area (Å²) in [5, 5.41) is 14.2. The zero-order chi connectivity index (χ0) is 17.1. The molecule has 1 saturated heterocycles. The number of para-hydroxylation sites is 1. The summed E-state index contributed by atoms with van der Waals surface area (Å²) < 4.78 is 0. The van der Waals surface area contributed by atoms with Gasteiger partial charge in [0.15, 0.2) is 5.17 Å². The molecule has 8 heteroatoms. The van der Waals surface area contributed by atoms with Crippen LogP contribution in [0.5, 0.6) is 0 Å². The summed E-state index contributed by atoms with van der Waals surface area (Å²) in [7, 11) is 0. The van der Waals surface area contributed by atoms with E-state index >= 15 is 0 Å². The molecular weight excluding hydrogens is 350 g/mol. The number of nitro benzene ring substituents is 1. The minimum atomic E-state index is -0.470. The van der Waals surface area contributed by atoms with Crippen LogP contribution >= 0.6 is 23.4 Å². The normalized spacial score (nSPS) is 17.3. The van der Waals surface area contributed by atoms with Crippen molar-refractivity contribution in [3.05, 3.63) is 74.1 Å². The highest BCUT2D eigenvalue weighted by Gasteiger charge is 2.24. The molecule has 3 rings (SSSR count). The monoisotopic (exact) mass is 359 g/mol. The number of amides is 1. The molecule has 0 saturated carbocycles. The molecule has 1 heterocycles. The number of aliphatic imine (C=N–C) groups is 1. The summed E-state index contributed by atoms with van der Waals surface area (Å²) in [6.45, 7) is 0. The van der Waals surface area contributed by atoms with Crippen molar-refractivity contribution in [2.24, 2.45) is 4.99 Å². The number of non-ortho nitro benzene ring substituents is 1. The second-order valence-electron chi connectivity index (χ2n) is 4.78. The lowest BCUT2D eigenvalue weighted by Gasteiger charge is -1.98. The highest BCUT2D eigenvalue weighted by molar-refractivity contribution is 8.18. The van der Waals surface area contributed by atoms with E-state index in [0.717, 1.165) is 0 Å². The lowest BCUT2D eigenvalue weighted by Crippen LogP contribution is -2.19. The summed E-state index contributed by atoms with van der Waals surface area (Å²) >= 11 is 7.23. The Bertz CT molecular complexity index is 878. The van der Waals surface area contributed by atoms with E-state index in [1.165, 1.54) is 23.9 Å². The Morgan fingerprint density at radius 2 is 1.88 bits per heavy atom. The molecule has 6 nitrogen and oxygen atoms in total. The van der Waals surface area contributed by atoms with Crippen molar-refractivity contribution in [3.63, 3.8) is 0 Å². The van der Waals surface area contributed by atoms with E-state index in [-0.39, 0.29) is 11.6 Å². The quantitative estimate of drug-likeness (QED) is 0.507. The molecule has 1 amide bonds. The van der Waals surface area contributed by atoms with Crippen LogP contribution in [0, 0.1) is 10.1 Å². The largest absolute Gasteiger partial charge is 0.300 e. The number of carbonyl (C=O) groups excluding carboxylic acids is 1. The van der Waals surface area contributed by atoms with Gasteiger partial charge in [-0.25, -0.2) is 4.99 Å². The number of thioether (sulfide) groups is 1. The van der Waals surface area contributed by atoms with E-state index in [1.54, 1.807) is 42.5 Å². The van der Waals surface area contributed by atoms with Crippen molar-refractivity contribution in [1.29, 1.82) is 0 Å². The maximum Gasteiger partial charge on any atom is 0.269 e. The fourth-order valence-corrected chi connectivity index (χ4v) is 2.99. The molecule has 1 aliphatic heterocycles. The van der Waals surface area contributed by atoms with Gasteiger partial charge in [-0.15, -0.1) is 0 Å². The molecule has 2 aromatic rings. The molecule has 0 unspecified atom stereocenters. The lowest BCUT2D eigenvalue weighted by atomic mass is 10.2. The van der Waals surface area contributed by atoms with Crippen LogP contribution in [0.3, 0.4) is 0 Å². The zero-order valence-corrected chi connectivity index (χ0v) is 13.7. The van der Waals surface area contributed by atoms with Crippen LogP contribution in [0.25, 0.3) is 6.08 Å². The first kappa shape index (κ1) is 16.2. The van der Waals surface area contributed by atoms with E-state index < -0.39 is 4.92 Å². The third kappa shape index (κ3) is 3.64. The average Bonchev–Trinajstić information content (AvgIpc) is 2.90. The molecule has 1 N–H and O–H groups in total. The van der Waals surface area contributed by atoms with Gasteiger partial charge in [-0.3, -0.25) is 14.9 Å². The van der Waals surface area contributed by atoms with Gasteiger partial charge >= 0.3 is 0 Å². The van der Waals surface area contributed by atoms with Gasteiger partial charge in [0.05, 0.1) is 20.5 Å². The number of benzene rings is 2. The van der Waals surface area contributed by atoms with Crippen LogP contribution in [-0.2, 0) is 4.79 Å². The predicted octanol–water partition coefficient (Wildman–Crippen LogP) is 4.14. The Kier molecular flexibility index (Phi) is 4.64. The first-order valence-corrected chi connectivity index (χ1v) is 8.01. The number of nitrogens with zero attached hydrogens (tertiary/aromatic N) is 2. The second kappa shape index (κ2) is 6.86. The van der Waals surface area contributed by atoms with Crippen molar-refractivity contribution in [2.75, 3.05) is 0 Å². The zero-order valence-electron chi connectivity index (χ0n) is 12.1. The molecule has 0 aromatic heterocycles. The van der Waals surface area contributed by atoms with Gasteiger partial charge in [0.25, 0.3) is 11.6 Å². The van der Waals surface area contributed by atoms with Crippen LogP contribution in [-0.4, -0.2) is 16.0 Å². The number of hydrogen-bond donors (Lipinski definition) is 1. The highest BCUT2D eigenvalue weighted by Crippen LogP contribution is 2.30. The number of rotatable bonds is 3. The Morgan fingerprint density at radius 1 is 1.17 bits per heavy atom. The Morgan fingerprint density at radius 3 is 2.54 bits per heavy atom. The third-order valence-electron chi connectivity index (χ3n) is 3.13. The summed E-state index contributed by atoms with van der Waals surface area (Å²) in [4.78, 5) is 27.0. The molecule has 0 bridgehead atoms. The van der Waals surface area contributed by atoms with Crippen molar-refractivity contribution >= 4 is 51.9 Å². The van der Waals surface area contributed by atoms with Gasteiger partial charge in [-0.2, -0.15) is 0 Å². The summed E-state index contributed by atoms with van der Waals surface area (Å²) in [6.07, 6.45) is 1.65. The van der Waals surface area contributed by atoms with Gasteiger partial charge in [-0.05, 0) is 47.7 Å². The molecule has 24 heavy (non-hydrogen) atoms. The third-order valence-corrected chi connectivity index (χ3v) is 4.36. The number of carbonyl (C=O) groups is 1. The first-order chi connectivity index (χ1) is 11.5. The Balaban J connectivity index is 1.82. The van der Waals surface area contributed by atoms with Gasteiger partial charge in [-0.1, -0.05) is 23.7 Å². The maximum absolute atomic E-state index is 12.0. The summed E-state index contributed by atoms with van der Waals surface area (Å²) in [5.74, 6) is -0.274. The minimum absolute atomic E-state index is 0.00153. The van der Waals surface area contributed by atoms with E-state index in [4.69, 9.17) is 11.6 Å². The van der Waals surface area contributed by atoms with Crippen LogP contribution in [0.2, 0.25) is 5.02 Å². The van der Waals surface area contributed by atoms with Gasteiger partial charge in [0.1, 0.15) is 0 Å². The molecule has 0 spiro atoms. The topological polar surface area (TPSA) is 84.6 Å². The molecule has 1 fully saturated rings. The number of amidine groups is 1. The molecule has 1 aliphatic rings. The summed E-state index contributed by atoms with van der Waals surface area (Å²) in [5.41, 5.74) is 1.26. The molecule has 0 atom stereocenters. The number of nitro groups is 1. The molecule has 0 aliphatic carbocycles. The standard InChI is InChI=1S/C16H10ClN3O3S/c17-12-3-1-2-4-13(12)18-16-19-15(21)14(24-16)9-10-5-7-11(8-6-10)20(22)23/h1-9H,(H,18,19,21). The average molecular weight is 360 g/mol. The number of halogens is 1. The van der Waals surface area contributed by atoms with E-state index in [1.807, 2.05) is 0 Å². The van der Waals surface area contributed by atoms with Crippen LogP contribution in [0.1, 0.15) is 5.56 Å². The lowest BCUT2D eigenvalue weighted by molar-refractivity contribution is -0.384. The van der Waals surface area contributed by atoms with Gasteiger partial charge < -0.3 is 5.32 Å². The molecular formula is C16H10ClN3O3S. The Hall–Kier alpha value is -2.64. The van der Waals surface area contributed by atoms with Gasteiger partial charge in [0.2, 0.25) is 0 Å². The highest BCUT2D eigenvalue weighted by atomic mass is 35.5. The second-order valence-corrected chi connectivity index (χ2v) is 6.22. The van der Waals surface area contributed by atoms with Crippen LogP contribution in [0.15, 0.2) is 58.4 Å². The van der Waals surface area contributed by atoms with Crippen molar-refractivity contribution in [1.82, 2.24) is 5.32 Å². The van der Waals surface area contributed by atoms with Crippen LogP contribution in [0.4, 0.5) is 11.4 Å². The fourth-order valence-electron chi connectivity index (χ4n) is 1.98. The van der Waals surface area contributed by atoms with Crippen molar-refractivity contribution in [3.8, 4) is 0 Å². The number of nitrogens with one attached hydrogen (secondary N) is 1. The van der Waals surface area contributed by atoms with Crippen LogP contribution < -0.4 is 5.32 Å². The fraction of sp³-hybridized carbons (Fsp3) is 0. The summed E-state index contributed by atoms with van der Waals surface area (Å²) in [6, 6.07) is 13.0. The maximum atomic E-state index is 12.0. The van der Waals surface area contributed by atoms with E-state index in [2.05, 4.69) is 10.3 Å². The number of hydrogen-bond acceptors (Lipinski definition) is 5. The molecule has 2 aromatic carbocycles. The van der Waals surface area contributed by atoms with Crippen molar-refractivity contribution in [2.45, 2.75) is 0 Å². The smallest absolute Gasteiger partial charge is 0.269 e. The van der Waals surface area contributed by atoms with Gasteiger partial charge in [0, 0.05) is 12.1 Å².